The molecule has 2 heterocycles. The van der Waals surface area contributed by atoms with Crippen molar-refractivity contribution in [1.29, 1.82) is 0 Å². The minimum absolute atomic E-state index is 0.638. The van der Waals surface area contributed by atoms with Gasteiger partial charge in [-0.15, -0.1) is 0 Å². The zero-order chi connectivity index (χ0) is 12.1. The van der Waals surface area contributed by atoms with Crippen LogP contribution in [0.25, 0.3) is 0 Å². The van der Waals surface area contributed by atoms with E-state index in [2.05, 4.69) is 30.1 Å². The Hall–Kier alpha value is -0.800. The first-order valence-electron chi connectivity index (χ1n) is 6.77. The van der Waals surface area contributed by atoms with Crippen LogP contribution >= 0.6 is 0 Å². The molecule has 1 aliphatic heterocycles. The fraction of sp³-hybridized carbons (Fsp3) is 0.714. The van der Waals surface area contributed by atoms with Gasteiger partial charge in [0, 0.05) is 12.6 Å². The van der Waals surface area contributed by atoms with Gasteiger partial charge in [0.2, 0.25) is 0 Å². The number of rotatable bonds is 5. The number of nitrogens with zero attached hydrogens (tertiary/aromatic N) is 1. The Labute approximate surface area is 104 Å². The van der Waals surface area contributed by atoms with Gasteiger partial charge in [0.05, 0.1) is 12.8 Å². The lowest BCUT2D eigenvalue weighted by Gasteiger charge is -2.34. The second-order valence-electron chi connectivity index (χ2n) is 5.09. The van der Waals surface area contributed by atoms with E-state index in [4.69, 9.17) is 4.42 Å². The number of hydrogen-bond donors (Lipinski definition) is 1. The quantitative estimate of drug-likeness (QED) is 0.851. The van der Waals surface area contributed by atoms with Crippen molar-refractivity contribution in [2.75, 3.05) is 19.6 Å². The molecule has 96 valence electrons. The Kier molecular flexibility index (Phi) is 4.63. The summed E-state index contributed by atoms with van der Waals surface area (Å²) in [7, 11) is 0. The SMILES string of the molecule is CCN(Cc1ccco1)CC1NCCCC1C. The number of piperidine rings is 1. The van der Waals surface area contributed by atoms with Crippen LogP contribution in [0.15, 0.2) is 22.8 Å². The lowest BCUT2D eigenvalue weighted by Crippen LogP contribution is -2.47. The normalized spacial score (nSPS) is 25.4. The lowest BCUT2D eigenvalue weighted by molar-refractivity contribution is 0.182. The molecule has 3 nitrogen and oxygen atoms in total. The number of nitrogens with one attached hydrogen (secondary N) is 1. The van der Waals surface area contributed by atoms with Gasteiger partial charge in [-0.3, -0.25) is 4.90 Å². The van der Waals surface area contributed by atoms with Crippen LogP contribution < -0.4 is 5.32 Å². The highest BCUT2D eigenvalue weighted by atomic mass is 16.3. The van der Waals surface area contributed by atoms with Gasteiger partial charge >= 0.3 is 0 Å². The van der Waals surface area contributed by atoms with Gasteiger partial charge in [-0.05, 0) is 44.0 Å². The van der Waals surface area contributed by atoms with Crippen molar-refractivity contribution < 1.29 is 4.42 Å². The van der Waals surface area contributed by atoms with Gasteiger partial charge < -0.3 is 9.73 Å². The molecule has 1 N–H and O–H groups in total. The van der Waals surface area contributed by atoms with E-state index in [9.17, 15) is 0 Å². The lowest BCUT2D eigenvalue weighted by atomic mass is 9.92. The second-order valence-corrected chi connectivity index (χ2v) is 5.09. The van der Waals surface area contributed by atoms with Crippen molar-refractivity contribution in [2.45, 2.75) is 39.3 Å². The molecule has 1 aliphatic rings. The molecule has 1 aromatic heterocycles. The third kappa shape index (κ3) is 3.58. The van der Waals surface area contributed by atoms with E-state index in [1.165, 1.54) is 19.4 Å². The van der Waals surface area contributed by atoms with E-state index in [-0.39, 0.29) is 0 Å². The summed E-state index contributed by atoms with van der Waals surface area (Å²) < 4.78 is 5.42. The molecule has 1 fully saturated rings. The van der Waals surface area contributed by atoms with Crippen molar-refractivity contribution >= 4 is 0 Å². The van der Waals surface area contributed by atoms with Gasteiger partial charge in [0.25, 0.3) is 0 Å². The second kappa shape index (κ2) is 6.22. The molecule has 0 amide bonds. The molecule has 0 aromatic carbocycles. The maximum Gasteiger partial charge on any atom is 0.117 e. The molecule has 0 bridgehead atoms. The van der Waals surface area contributed by atoms with Crippen LogP contribution in [0.5, 0.6) is 0 Å². The van der Waals surface area contributed by atoms with E-state index in [1.807, 2.05) is 6.07 Å². The van der Waals surface area contributed by atoms with Gasteiger partial charge in [0.15, 0.2) is 0 Å². The first-order chi connectivity index (χ1) is 8.29. The molecule has 1 aromatic rings. The Bertz CT molecular complexity index is 310. The summed E-state index contributed by atoms with van der Waals surface area (Å²) in [5.74, 6) is 1.85. The molecule has 0 saturated carbocycles. The summed E-state index contributed by atoms with van der Waals surface area (Å²) in [6, 6.07) is 4.66. The molecule has 0 spiro atoms. The minimum Gasteiger partial charge on any atom is -0.468 e. The maximum absolute atomic E-state index is 5.42. The average molecular weight is 236 g/mol. The highest BCUT2D eigenvalue weighted by Crippen LogP contribution is 2.17. The van der Waals surface area contributed by atoms with Crippen molar-refractivity contribution in [3.8, 4) is 0 Å². The van der Waals surface area contributed by atoms with Gasteiger partial charge in [-0.2, -0.15) is 0 Å². The fourth-order valence-corrected chi connectivity index (χ4v) is 2.56. The fourth-order valence-electron chi connectivity index (χ4n) is 2.56. The van der Waals surface area contributed by atoms with E-state index >= 15 is 0 Å². The summed E-state index contributed by atoms with van der Waals surface area (Å²) in [6.07, 6.45) is 4.43. The zero-order valence-corrected chi connectivity index (χ0v) is 11.0. The highest BCUT2D eigenvalue weighted by Gasteiger charge is 2.22. The van der Waals surface area contributed by atoms with Crippen molar-refractivity contribution in [2.24, 2.45) is 5.92 Å². The number of hydrogen-bond acceptors (Lipinski definition) is 3. The smallest absolute Gasteiger partial charge is 0.117 e. The first kappa shape index (κ1) is 12.7. The van der Waals surface area contributed by atoms with Crippen LogP contribution in [0.3, 0.4) is 0 Å². The van der Waals surface area contributed by atoms with Crippen molar-refractivity contribution in [1.82, 2.24) is 10.2 Å². The first-order valence-corrected chi connectivity index (χ1v) is 6.77. The van der Waals surface area contributed by atoms with Gasteiger partial charge in [-0.1, -0.05) is 13.8 Å². The minimum atomic E-state index is 0.638. The van der Waals surface area contributed by atoms with Gasteiger partial charge in [-0.25, -0.2) is 0 Å². The van der Waals surface area contributed by atoms with Gasteiger partial charge in [0.1, 0.15) is 5.76 Å². The molecular weight excluding hydrogens is 212 g/mol. The van der Waals surface area contributed by atoms with Crippen LogP contribution in [-0.2, 0) is 6.54 Å². The summed E-state index contributed by atoms with van der Waals surface area (Å²) >= 11 is 0. The number of furan rings is 1. The Balaban J connectivity index is 1.86. The molecule has 2 rings (SSSR count). The van der Waals surface area contributed by atoms with E-state index in [0.29, 0.717) is 6.04 Å². The zero-order valence-electron chi connectivity index (χ0n) is 11.0. The van der Waals surface area contributed by atoms with Crippen molar-refractivity contribution in [3.05, 3.63) is 24.2 Å². The topological polar surface area (TPSA) is 28.4 Å². The summed E-state index contributed by atoms with van der Waals surface area (Å²) in [5.41, 5.74) is 0. The van der Waals surface area contributed by atoms with Crippen molar-refractivity contribution in [3.63, 3.8) is 0 Å². The monoisotopic (exact) mass is 236 g/mol. The molecule has 2 unspecified atom stereocenters. The predicted octanol–water partition coefficient (Wildman–Crippen LogP) is 2.49. The molecular formula is C14H24N2O. The molecule has 0 radical (unpaired) electrons. The summed E-state index contributed by atoms with van der Waals surface area (Å²) in [4.78, 5) is 2.46. The van der Waals surface area contributed by atoms with E-state index < -0.39 is 0 Å². The maximum atomic E-state index is 5.42. The average Bonchev–Trinajstić information content (AvgIpc) is 2.84. The Morgan fingerprint density at radius 2 is 2.41 bits per heavy atom. The number of likely N-dealkylation sites (N-methyl/N-ethyl adjacent to an activating group) is 1. The third-order valence-corrected chi connectivity index (χ3v) is 3.79. The molecule has 1 saturated heterocycles. The van der Waals surface area contributed by atoms with E-state index in [0.717, 1.165) is 31.3 Å². The highest BCUT2D eigenvalue weighted by molar-refractivity contribution is 4.98. The van der Waals surface area contributed by atoms with Crippen LogP contribution in [0.2, 0.25) is 0 Å². The molecule has 17 heavy (non-hydrogen) atoms. The summed E-state index contributed by atoms with van der Waals surface area (Å²) in [6.45, 7) is 8.87. The van der Waals surface area contributed by atoms with Crippen LogP contribution in [0.4, 0.5) is 0 Å². The predicted molar refractivity (Wildman–Crippen MR) is 69.8 cm³/mol. The standard InChI is InChI=1S/C14H24N2O/c1-3-16(10-13-7-5-9-17-13)11-14-12(2)6-4-8-15-14/h5,7,9,12,14-15H,3-4,6,8,10-11H2,1-2H3. The van der Waals surface area contributed by atoms with Crippen LogP contribution in [0.1, 0.15) is 32.4 Å². The summed E-state index contributed by atoms with van der Waals surface area (Å²) in [5, 5.41) is 3.64. The Morgan fingerprint density at radius 3 is 3.06 bits per heavy atom. The molecule has 2 atom stereocenters. The molecule has 3 heteroatoms. The third-order valence-electron chi connectivity index (χ3n) is 3.79. The Morgan fingerprint density at radius 1 is 1.53 bits per heavy atom. The van der Waals surface area contributed by atoms with Crippen LogP contribution in [-0.4, -0.2) is 30.6 Å². The largest absolute Gasteiger partial charge is 0.468 e. The van der Waals surface area contributed by atoms with Crippen LogP contribution in [0, 0.1) is 5.92 Å². The van der Waals surface area contributed by atoms with E-state index in [1.54, 1.807) is 6.26 Å². The molecule has 0 aliphatic carbocycles.